The lowest BCUT2D eigenvalue weighted by molar-refractivity contribution is -0.00277. The summed E-state index contributed by atoms with van der Waals surface area (Å²) in [5, 5.41) is 0. The second-order valence-corrected chi connectivity index (χ2v) is 10.2. The number of nitrogens with zero attached hydrogens (tertiary/aromatic N) is 1. The highest BCUT2D eigenvalue weighted by Gasteiger charge is 2.48. The van der Waals surface area contributed by atoms with Crippen LogP contribution in [0.4, 0.5) is 0 Å². The molecule has 6 rings (SSSR count). The largest absolute Gasteiger partial charge is 0.290 e. The van der Waals surface area contributed by atoms with Crippen LogP contribution in [0.25, 0.3) is 0 Å². The van der Waals surface area contributed by atoms with Crippen molar-refractivity contribution in [1.29, 1.82) is 0 Å². The fourth-order valence-electron chi connectivity index (χ4n) is 7.45. The summed E-state index contributed by atoms with van der Waals surface area (Å²) in [6.45, 7) is 4.35. The van der Waals surface area contributed by atoms with Crippen molar-refractivity contribution in [3.05, 3.63) is 35.4 Å². The summed E-state index contributed by atoms with van der Waals surface area (Å²) in [6.07, 6.45) is 14.5. The molecule has 0 spiro atoms. The third kappa shape index (κ3) is 3.78. The van der Waals surface area contributed by atoms with Gasteiger partial charge >= 0.3 is 0 Å². The van der Waals surface area contributed by atoms with Crippen molar-refractivity contribution >= 4 is 0 Å². The molecule has 0 aromatic heterocycles. The summed E-state index contributed by atoms with van der Waals surface area (Å²) < 4.78 is 0. The van der Waals surface area contributed by atoms with Gasteiger partial charge in [0.2, 0.25) is 0 Å². The van der Waals surface area contributed by atoms with Crippen LogP contribution in [0.5, 0.6) is 0 Å². The van der Waals surface area contributed by atoms with Gasteiger partial charge in [-0.05, 0) is 98.8 Å². The molecule has 0 heterocycles. The first-order chi connectivity index (χ1) is 13.8. The van der Waals surface area contributed by atoms with E-state index in [9.17, 15) is 0 Å². The Bertz CT molecular complexity index is 687. The second kappa shape index (κ2) is 8.23. The van der Waals surface area contributed by atoms with Crippen molar-refractivity contribution in [2.45, 2.75) is 83.1 Å². The van der Waals surface area contributed by atoms with Crippen molar-refractivity contribution in [3.8, 4) is 11.8 Å². The highest BCUT2D eigenvalue weighted by molar-refractivity contribution is 5.38. The van der Waals surface area contributed by atoms with E-state index in [4.69, 9.17) is 0 Å². The normalized spacial score (nSPS) is 34.4. The van der Waals surface area contributed by atoms with Gasteiger partial charge in [-0.3, -0.25) is 4.90 Å². The minimum Gasteiger partial charge on any atom is -0.290 e. The quantitative estimate of drug-likeness (QED) is 0.564. The zero-order valence-electron chi connectivity index (χ0n) is 17.7. The summed E-state index contributed by atoms with van der Waals surface area (Å²) >= 11 is 0. The van der Waals surface area contributed by atoms with E-state index in [-0.39, 0.29) is 0 Å². The highest BCUT2D eigenvalue weighted by Crippen LogP contribution is 2.59. The van der Waals surface area contributed by atoms with Gasteiger partial charge in [0.05, 0.1) is 6.54 Å². The average Bonchev–Trinajstić information content (AvgIpc) is 2.72. The van der Waals surface area contributed by atoms with Crippen molar-refractivity contribution in [2.75, 3.05) is 13.1 Å². The molecule has 0 saturated heterocycles. The van der Waals surface area contributed by atoms with Gasteiger partial charge in [0.1, 0.15) is 0 Å². The van der Waals surface area contributed by atoms with Crippen LogP contribution in [0.3, 0.4) is 0 Å². The van der Waals surface area contributed by atoms with E-state index in [1.54, 1.807) is 12.0 Å². The Kier molecular flexibility index (Phi) is 5.51. The van der Waals surface area contributed by atoms with Crippen LogP contribution >= 0.6 is 0 Å². The minimum atomic E-state index is 0.771. The lowest BCUT2D eigenvalue weighted by Gasteiger charge is -2.54. The Morgan fingerprint density at radius 1 is 0.857 bits per heavy atom. The molecule has 0 unspecified atom stereocenters. The molecule has 28 heavy (non-hydrogen) atoms. The summed E-state index contributed by atoms with van der Waals surface area (Å²) in [7, 11) is 0. The highest BCUT2D eigenvalue weighted by atomic mass is 15.1. The van der Waals surface area contributed by atoms with Gasteiger partial charge in [0.15, 0.2) is 0 Å². The maximum absolute atomic E-state index is 3.48. The topological polar surface area (TPSA) is 3.24 Å². The molecule has 150 valence electrons. The van der Waals surface area contributed by atoms with Crippen LogP contribution in [0, 0.1) is 35.5 Å². The summed E-state index contributed by atoms with van der Waals surface area (Å²) in [5.41, 5.74) is 2.81. The predicted molar refractivity (Wildman–Crippen MR) is 117 cm³/mol. The van der Waals surface area contributed by atoms with E-state index in [1.165, 1.54) is 63.4 Å². The molecule has 0 amide bonds. The van der Waals surface area contributed by atoms with Crippen LogP contribution in [-0.4, -0.2) is 24.0 Å². The molecule has 1 aromatic carbocycles. The van der Waals surface area contributed by atoms with E-state index < -0.39 is 0 Å². The zero-order chi connectivity index (χ0) is 18.9. The first-order valence-corrected chi connectivity index (χ1v) is 12.1. The molecule has 0 atom stereocenters. The molecule has 0 radical (unpaired) electrons. The number of hydrogen-bond donors (Lipinski definition) is 0. The van der Waals surface area contributed by atoms with Gasteiger partial charge < -0.3 is 0 Å². The van der Waals surface area contributed by atoms with Crippen LogP contribution in [0.1, 0.15) is 88.2 Å². The SMILES string of the molecule is CCN(CC#Cc1ccc(C2C3CC4CC(C3)CC2C4)cc1)C1CCCCC1. The summed E-state index contributed by atoms with van der Waals surface area (Å²) in [5.74, 6) is 11.8. The molecule has 4 bridgehead atoms. The van der Waals surface area contributed by atoms with Crippen molar-refractivity contribution in [2.24, 2.45) is 23.7 Å². The van der Waals surface area contributed by atoms with Crippen LogP contribution in [0.2, 0.25) is 0 Å². The molecule has 1 heteroatoms. The van der Waals surface area contributed by atoms with E-state index >= 15 is 0 Å². The van der Waals surface area contributed by atoms with E-state index in [2.05, 4.69) is 47.9 Å². The second-order valence-electron chi connectivity index (χ2n) is 10.2. The van der Waals surface area contributed by atoms with Crippen LogP contribution in [0.15, 0.2) is 24.3 Å². The van der Waals surface area contributed by atoms with Crippen molar-refractivity contribution in [1.82, 2.24) is 4.90 Å². The van der Waals surface area contributed by atoms with Crippen LogP contribution in [-0.2, 0) is 0 Å². The Morgan fingerprint density at radius 3 is 2.11 bits per heavy atom. The first kappa shape index (κ1) is 18.7. The van der Waals surface area contributed by atoms with Gasteiger partial charge in [-0.25, -0.2) is 0 Å². The Hall–Kier alpha value is -1.26. The van der Waals surface area contributed by atoms with Gasteiger partial charge in [-0.2, -0.15) is 0 Å². The molecule has 5 aliphatic carbocycles. The molecule has 5 fully saturated rings. The van der Waals surface area contributed by atoms with Gasteiger partial charge in [0.25, 0.3) is 0 Å². The lowest BCUT2D eigenvalue weighted by Crippen LogP contribution is -2.43. The Morgan fingerprint density at radius 2 is 1.50 bits per heavy atom. The molecular formula is C27H37N. The first-order valence-electron chi connectivity index (χ1n) is 12.1. The van der Waals surface area contributed by atoms with E-state index in [0.29, 0.717) is 0 Å². The Labute approximate surface area is 172 Å². The third-order valence-electron chi connectivity index (χ3n) is 8.53. The molecule has 1 aromatic rings. The molecule has 0 N–H and O–H groups in total. The maximum atomic E-state index is 3.48. The number of hydrogen-bond acceptors (Lipinski definition) is 1. The van der Waals surface area contributed by atoms with Gasteiger partial charge in [-0.1, -0.05) is 50.2 Å². The van der Waals surface area contributed by atoms with E-state index in [1.807, 2.05) is 0 Å². The average molecular weight is 376 g/mol. The summed E-state index contributed by atoms with van der Waals surface area (Å²) in [4.78, 5) is 2.59. The smallest absolute Gasteiger partial charge is 0.0607 e. The maximum Gasteiger partial charge on any atom is 0.0607 e. The monoisotopic (exact) mass is 375 g/mol. The molecule has 5 aliphatic rings. The van der Waals surface area contributed by atoms with Crippen molar-refractivity contribution in [3.63, 3.8) is 0 Å². The molecular weight excluding hydrogens is 338 g/mol. The number of rotatable bonds is 4. The van der Waals surface area contributed by atoms with Gasteiger partial charge in [0, 0.05) is 11.6 Å². The predicted octanol–water partition coefficient (Wildman–Crippen LogP) is 6.23. The van der Waals surface area contributed by atoms with Crippen LogP contribution < -0.4 is 0 Å². The Balaban J connectivity index is 1.22. The number of benzene rings is 1. The fraction of sp³-hybridized carbons (Fsp3) is 0.704. The minimum absolute atomic E-state index is 0.771. The van der Waals surface area contributed by atoms with E-state index in [0.717, 1.165) is 48.7 Å². The molecule has 5 saturated carbocycles. The summed E-state index contributed by atoms with van der Waals surface area (Å²) in [6, 6.07) is 10.2. The molecule has 1 nitrogen and oxygen atoms in total. The third-order valence-corrected chi connectivity index (χ3v) is 8.53. The van der Waals surface area contributed by atoms with Crippen molar-refractivity contribution < 1.29 is 0 Å². The molecule has 0 aliphatic heterocycles. The fourth-order valence-corrected chi connectivity index (χ4v) is 7.45. The lowest BCUT2D eigenvalue weighted by atomic mass is 9.51. The standard InChI is InChI=1S/C27H37N/c1-2-28(26-8-4-3-5-9-26)14-6-7-20-10-12-23(13-11-20)27-24-16-21-15-22(18-24)19-25(27)17-21/h10-13,21-22,24-27H,2-5,8-9,14-19H2,1H3. The zero-order valence-corrected chi connectivity index (χ0v) is 17.7. The van der Waals surface area contributed by atoms with Gasteiger partial charge in [-0.15, -0.1) is 0 Å².